The summed E-state index contributed by atoms with van der Waals surface area (Å²) in [4.78, 5) is 10.2. The zero-order chi connectivity index (χ0) is 12.9. The van der Waals surface area contributed by atoms with Crippen LogP contribution in [0.15, 0.2) is 24.3 Å². The molecule has 0 aliphatic rings. The minimum Gasteiger partial charge on any atom is -0.481 e. The van der Waals surface area contributed by atoms with Crippen LogP contribution in [0.25, 0.3) is 0 Å². The summed E-state index contributed by atoms with van der Waals surface area (Å²) in [5.74, 6) is -3.81. The topological polar surface area (TPSA) is 37.3 Å². The van der Waals surface area contributed by atoms with Crippen molar-refractivity contribution in [1.29, 1.82) is 0 Å². The first kappa shape index (κ1) is 13.6. The molecule has 1 aromatic carbocycles. The largest absolute Gasteiger partial charge is 0.481 e. The average molecular weight is 242 g/mol. The van der Waals surface area contributed by atoms with Crippen molar-refractivity contribution in [2.24, 2.45) is 0 Å². The van der Waals surface area contributed by atoms with Crippen LogP contribution in [-0.4, -0.2) is 11.1 Å². The molecule has 1 N–H and O–H groups in total. The molecule has 0 spiro atoms. The van der Waals surface area contributed by atoms with Gasteiger partial charge in [0.05, 0.1) is 0 Å². The summed E-state index contributed by atoms with van der Waals surface area (Å²) in [6, 6.07) is 6.15. The number of alkyl halides is 2. The van der Waals surface area contributed by atoms with E-state index in [0.717, 1.165) is 5.56 Å². The molecule has 0 saturated carbocycles. The minimum absolute atomic E-state index is 0.00146. The Morgan fingerprint density at radius 3 is 2.35 bits per heavy atom. The third kappa shape index (κ3) is 4.51. The molecule has 0 aromatic heterocycles. The molecule has 0 aliphatic heterocycles. The number of carbonyl (C=O) groups is 1. The van der Waals surface area contributed by atoms with E-state index < -0.39 is 11.9 Å². The Bertz CT molecular complexity index is 372. The van der Waals surface area contributed by atoms with Gasteiger partial charge in [-0.3, -0.25) is 4.79 Å². The van der Waals surface area contributed by atoms with Crippen LogP contribution in [0, 0.1) is 6.92 Å². The van der Waals surface area contributed by atoms with E-state index in [0.29, 0.717) is 0 Å². The number of aliphatic carboxylic acids is 1. The van der Waals surface area contributed by atoms with Crippen molar-refractivity contribution in [3.63, 3.8) is 0 Å². The molecule has 17 heavy (non-hydrogen) atoms. The highest BCUT2D eigenvalue weighted by molar-refractivity contribution is 5.66. The van der Waals surface area contributed by atoms with Crippen LogP contribution in [0.3, 0.4) is 0 Å². The third-order valence-corrected chi connectivity index (χ3v) is 2.61. The van der Waals surface area contributed by atoms with E-state index in [1.54, 1.807) is 12.1 Å². The van der Waals surface area contributed by atoms with Gasteiger partial charge in [-0.15, -0.1) is 0 Å². The summed E-state index contributed by atoms with van der Waals surface area (Å²) in [6.45, 7) is 1.84. The molecule has 0 fully saturated rings. The Morgan fingerprint density at radius 2 is 1.82 bits per heavy atom. The molecule has 0 saturated heterocycles. The lowest BCUT2D eigenvalue weighted by atomic mass is 10.0. The van der Waals surface area contributed by atoms with Crippen molar-refractivity contribution in [1.82, 2.24) is 0 Å². The number of hydrogen-bond donors (Lipinski definition) is 1. The second-order valence-corrected chi connectivity index (χ2v) is 4.17. The van der Waals surface area contributed by atoms with Crippen molar-refractivity contribution in [2.45, 2.75) is 38.5 Å². The lowest BCUT2D eigenvalue weighted by Crippen LogP contribution is -2.13. The van der Waals surface area contributed by atoms with Crippen molar-refractivity contribution < 1.29 is 18.7 Å². The van der Waals surface area contributed by atoms with Crippen LogP contribution < -0.4 is 0 Å². The molecule has 0 heterocycles. The highest BCUT2D eigenvalue weighted by atomic mass is 19.3. The Labute approximate surface area is 99.3 Å². The molecule has 0 aliphatic carbocycles. The van der Waals surface area contributed by atoms with Gasteiger partial charge in [0, 0.05) is 18.4 Å². The summed E-state index contributed by atoms with van der Waals surface area (Å²) in [7, 11) is 0. The molecule has 0 bridgehead atoms. The first-order chi connectivity index (χ1) is 7.92. The van der Waals surface area contributed by atoms with Crippen molar-refractivity contribution >= 4 is 5.97 Å². The fourth-order valence-corrected chi connectivity index (χ4v) is 1.56. The summed E-state index contributed by atoms with van der Waals surface area (Å²) >= 11 is 0. The summed E-state index contributed by atoms with van der Waals surface area (Å²) in [6.07, 6.45) is 0.150. The predicted molar refractivity (Wildman–Crippen MR) is 61.2 cm³/mol. The zero-order valence-electron chi connectivity index (χ0n) is 9.75. The standard InChI is InChI=1S/C13H16F2O2/c1-10-5-7-11(8-6-10)13(14,15)9-3-2-4-12(16)17/h5-8H,2-4,9H2,1H3,(H,16,17). The van der Waals surface area contributed by atoms with Gasteiger partial charge in [0.1, 0.15) is 0 Å². The SMILES string of the molecule is Cc1ccc(C(F)(F)CCCCC(=O)O)cc1. The third-order valence-electron chi connectivity index (χ3n) is 2.61. The molecular weight excluding hydrogens is 226 g/mol. The zero-order valence-corrected chi connectivity index (χ0v) is 9.75. The summed E-state index contributed by atoms with van der Waals surface area (Å²) < 4.78 is 27.3. The van der Waals surface area contributed by atoms with E-state index in [-0.39, 0.29) is 31.2 Å². The predicted octanol–water partition coefficient (Wildman–Crippen LogP) is 3.73. The van der Waals surface area contributed by atoms with Gasteiger partial charge < -0.3 is 5.11 Å². The quantitative estimate of drug-likeness (QED) is 0.772. The van der Waals surface area contributed by atoms with E-state index in [4.69, 9.17) is 5.11 Å². The fourth-order valence-electron chi connectivity index (χ4n) is 1.56. The van der Waals surface area contributed by atoms with E-state index in [1.165, 1.54) is 12.1 Å². The van der Waals surface area contributed by atoms with E-state index in [2.05, 4.69) is 0 Å². The average Bonchev–Trinajstić information content (AvgIpc) is 2.25. The fraction of sp³-hybridized carbons (Fsp3) is 0.462. The van der Waals surface area contributed by atoms with Crippen LogP contribution in [0.5, 0.6) is 0 Å². The van der Waals surface area contributed by atoms with Crippen LogP contribution in [-0.2, 0) is 10.7 Å². The maximum atomic E-state index is 13.7. The van der Waals surface area contributed by atoms with Gasteiger partial charge in [-0.2, -0.15) is 0 Å². The Balaban J connectivity index is 2.50. The molecule has 0 atom stereocenters. The molecule has 0 amide bonds. The highest BCUT2D eigenvalue weighted by Crippen LogP contribution is 2.33. The lowest BCUT2D eigenvalue weighted by molar-refractivity contribution is -0.137. The second-order valence-electron chi connectivity index (χ2n) is 4.17. The second kappa shape index (κ2) is 5.75. The molecule has 4 heteroatoms. The molecular formula is C13H16F2O2. The molecule has 2 nitrogen and oxygen atoms in total. The van der Waals surface area contributed by atoms with Gasteiger partial charge in [0.15, 0.2) is 0 Å². The lowest BCUT2D eigenvalue weighted by Gasteiger charge is -2.16. The summed E-state index contributed by atoms with van der Waals surface area (Å²) in [5.41, 5.74) is 0.939. The van der Waals surface area contributed by atoms with E-state index in [1.807, 2.05) is 6.92 Å². The Morgan fingerprint density at radius 1 is 1.24 bits per heavy atom. The van der Waals surface area contributed by atoms with Crippen molar-refractivity contribution in [3.05, 3.63) is 35.4 Å². The van der Waals surface area contributed by atoms with Crippen LogP contribution in [0.1, 0.15) is 36.8 Å². The summed E-state index contributed by atoms with van der Waals surface area (Å²) in [5, 5.41) is 8.40. The van der Waals surface area contributed by atoms with Crippen LogP contribution >= 0.6 is 0 Å². The van der Waals surface area contributed by atoms with Gasteiger partial charge in [-0.1, -0.05) is 29.8 Å². The van der Waals surface area contributed by atoms with Crippen molar-refractivity contribution in [3.8, 4) is 0 Å². The van der Waals surface area contributed by atoms with Gasteiger partial charge in [0.25, 0.3) is 5.92 Å². The van der Waals surface area contributed by atoms with E-state index in [9.17, 15) is 13.6 Å². The molecule has 94 valence electrons. The number of benzene rings is 1. The van der Waals surface area contributed by atoms with Gasteiger partial charge in [-0.25, -0.2) is 8.78 Å². The molecule has 0 unspecified atom stereocenters. The van der Waals surface area contributed by atoms with Crippen LogP contribution in [0.2, 0.25) is 0 Å². The maximum absolute atomic E-state index is 13.7. The molecule has 1 aromatic rings. The first-order valence-electron chi connectivity index (χ1n) is 5.58. The number of carboxylic acids is 1. The number of hydrogen-bond acceptors (Lipinski definition) is 1. The Kier molecular flexibility index (Phi) is 4.61. The Hall–Kier alpha value is -1.45. The molecule has 1 rings (SSSR count). The van der Waals surface area contributed by atoms with E-state index >= 15 is 0 Å². The first-order valence-corrected chi connectivity index (χ1v) is 5.58. The monoisotopic (exact) mass is 242 g/mol. The number of aryl methyl sites for hydroxylation is 1. The van der Waals surface area contributed by atoms with Gasteiger partial charge in [0.2, 0.25) is 0 Å². The van der Waals surface area contributed by atoms with Gasteiger partial charge >= 0.3 is 5.97 Å². The number of unbranched alkanes of at least 4 members (excludes halogenated alkanes) is 1. The number of rotatable bonds is 6. The number of halogens is 2. The van der Waals surface area contributed by atoms with Crippen molar-refractivity contribution in [2.75, 3.05) is 0 Å². The number of carboxylic acid groups (broad SMARTS) is 1. The van der Waals surface area contributed by atoms with Crippen LogP contribution in [0.4, 0.5) is 8.78 Å². The molecule has 0 radical (unpaired) electrons. The maximum Gasteiger partial charge on any atom is 0.303 e. The van der Waals surface area contributed by atoms with Gasteiger partial charge in [-0.05, 0) is 19.8 Å². The minimum atomic E-state index is -2.87. The highest BCUT2D eigenvalue weighted by Gasteiger charge is 2.30. The normalized spacial score (nSPS) is 11.5. The smallest absolute Gasteiger partial charge is 0.303 e.